The molecule has 0 unspecified atom stereocenters. The van der Waals surface area contributed by atoms with E-state index in [4.69, 9.17) is 4.74 Å². The fourth-order valence-electron chi connectivity index (χ4n) is 2.72. The maximum Gasteiger partial charge on any atom is 0.251 e. The summed E-state index contributed by atoms with van der Waals surface area (Å²) in [6.07, 6.45) is 4.54. The number of rotatable bonds is 5. The number of amides is 1. The molecule has 0 radical (unpaired) electrons. The van der Waals surface area contributed by atoms with Gasteiger partial charge in [0.05, 0.1) is 12.2 Å². The van der Waals surface area contributed by atoms with Crippen LogP contribution >= 0.6 is 0 Å². The fraction of sp³-hybridized carbons (Fsp3) is 0.562. The highest BCUT2D eigenvalue weighted by atomic mass is 19.1. The van der Waals surface area contributed by atoms with Crippen LogP contribution in [0.15, 0.2) is 18.2 Å². The lowest BCUT2D eigenvalue weighted by atomic mass is 9.85. The van der Waals surface area contributed by atoms with Crippen molar-refractivity contribution < 1.29 is 19.0 Å². The van der Waals surface area contributed by atoms with Crippen molar-refractivity contribution in [3.63, 3.8) is 0 Å². The zero-order chi connectivity index (χ0) is 15.3. The summed E-state index contributed by atoms with van der Waals surface area (Å²) in [6, 6.07) is 4.19. The van der Waals surface area contributed by atoms with Gasteiger partial charge in [-0.1, -0.05) is 19.3 Å². The van der Waals surface area contributed by atoms with Crippen molar-refractivity contribution in [2.45, 2.75) is 44.3 Å². The summed E-state index contributed by atoms with van der Waals surface area (Å²) >= 11 is 0. The van der Waals surface area contributed by atoms with Gasteiger partial charge in [0.25, 0.3) is 5.91 Å². The first kappa shape index (κ1) is 15.9. The van der Waals surface area contributed by atoms with Crippen LogP contribution in [0.25, 0.3) is 0 Å². The SMILES string of the molecule is COCc1cc(C(=O)NCC2(O)CCCCC2)ccc1F. The molecule has 0 spiro atoms. The van der Waals surface area contributed by atoms with E-state index in [-0.39, 0.29) is 24.9 Å². The predicted molar refractivity (Wildman–Crippen MR) is 77.5 cm³/mol. The zero-order valence-electron chi connectivity index (χ0n) is 12.3. The van der Waals surface area contributed by atoms with Crippen molar-refractivity contribution in [2.75, 3.05) is 13.7 Å². The normalized spacial score (nSPS) is 17.5. The lowest BCUT2D eigenvalue weighted by Crippen LogP contribution is -2.44. The molecule has 4 nitrogen and oxygen atoms in total. The second kappa shape index (κ2) is 7.00. The van der Waals surface area contributed by atoms with Gasteiger partial charge in [0, 0.05) is 24.8 Å². The summed E-state index contributed by atoms with van der Waals surface area (Å²) < 4.78 is 18.4. The van der Waals surface area contributed by atoms with E-state index in [0.29, 0.717) is 24.0 Å². The van der Waals surface area contributed by atoms with Gasteiger partial charge in [-0.25, -0.2) is 4.39 Å². The molecular weight excluding hydrogens is 273 g/mol. The Bertz CT molecular complexity index is 498. The van der Waals surface area contributed by atoms with Crippen LogP contribution < -0.4 is 5.32 Å². The van der Waals surface area contributed by atoms with Crippen molar-refractivity contribution in [2.24, 2.45) is 0 Å². The van der Waals surface area contributed by atoms with Gasteiger partial charge in [0.2, 0.25) is 0 Å². The van der Waals surface area contributed by atoms with Crippen LogP contribution in [0.1, 0.15) is 48.0 Å². The van der Waals surface area contributed by atoms with Crippen LogP contribution in [0.5, 0.6) is 0 Å². The van der Waals surface area contributed by atoms with Gasteiger partial charge in [-0.15, -0.1) is 0 Å². The minimum atomic E-state index is -0.802. The molecule has 2 rings (SSSR count). The highest BCUT2D eigenvalue weighted by Crippen LogP contribution is 2.27. The number of hydrogen-bond acceptors (Lipinski definition) is 3. The lowest BCUT2D eigenvalue weighted by Gasteiger charge is -2.32. The molecule has 0 saturated heterocycles. The number of carbonyl (C=O) groups excluding carboxylic acids is 1. The summed E-state index contributed by atoms with van der Waals surface area (Å²) in [5, 5.41) is 13.1. The summed E-state index contributed by atoms with van der Waals surface area (Å²) in [7, 11) is 1.48. The van der Waals surface area contributed by atoms with Crippen LogP contribution in [0.3, 0.4) is 0 Å². The molecule has 116 valence electrons. The van der Waals surface area contributed by atoms with E-state index in [1.54, 1.807) is 0 Å². The average Bonchev–Trinajstić information content (AvgIpc) is 2.48. The van der Waals surface area contributed by atoms with Crippen molar-refractivity contribution >= 4 is 5.91 Å². The van der Waals surface area contributed by atoms with Gasteiger partial charge >= 0.3 is 0 Å². The maximum atomic E-state index is 13.5. The molecule has 0 atom stereocenters. The standard InChI is InChI=1S/C16H22FNO3/c1-21-10-13-9-12(5-6-14(13)17)15(19)18-11-16(20)7-3-2-4-8-16/h5-6,9,20H,2-4,7-8,10-11H2,1H3,(H,18,19). The Kier molecular flexibility index (Phi) is 5.31. The Morgan fingerprint density at radius 3 is 2.76 bits per heavy atom. The van der Waals surface area contributed by atoms with Crippen LogP contribution in [0, 0.1) is 5.82 Å². The van der Waals surface area contributed by atoms with Gasteiger partial charge in [0.15, 0.2) is 0 Å². The molecule has 1 aliphatic carbocycles. The molecule has 1 aromatic carbocycles. The van der Waals surface area contributed by atoms with Crippen LogP contribution in [0.4, 0.5) is 4.39 Å². The number of benzene rings is 1. The first-order chi connectivity index (χ1) is 10.0. The molecule has 21 heavy (non-hydrogen) atoms. The molecule has 1 amide bonds. The summed E-state index contributed by atoms with van der Waals surface area (Å²) in [6.45, 7) is 0.361. The molecule has 0 bridgehead atoms. The second-order valence-corrected chi connectivity index (χ2v) is 5.71. The Morgan fingerprint density at radius 2 is 2.10 bits per heavy atom. The van der Waals surface area contributed by atoms with Crippen LogP contribution in [-0.2, 0) is 11.3 Å². The van der Waals surface area contributed by atoms with E-state index in [1.807, 2.05) is 0 Å². The Morgan fingerprint density at radius 1 is 1.38 bits per heavy atom. The predicted octanol–water partition coefficient (Wildman–Crippen LogP) is 2.40. The lowest BCUT2D eigenvalue weighted by molar-refractivity contribution is 0.00525. The molecule has 2 N–H and O–H groups in total. The number of aliphatic hydroxyl groups is 1. The van der Waals surface area contributed by atoms with E-state index in [9.17, 15) is 14.3 Å². The third-order valence-corrected chi connectivity index (χ3v) is 3.97. The van der Waals surface area contributed by atoms with E-state index < -0.39 is 5.60 Å². The number of methoxy groups -OCH3 is 1. The summed E-state index contributed by atoms with van der Waals surface area (Å²) in [5.41, 5.74) is -0.0760. The van der Waals surface area contributed by atoms with Gasteiger partial charge < -0.3 is 15.2 Å². The monoisotopic (exact) mass is 295 g/mol. The summed E-state index contributed by atoms with van der Waals surface area (Å²) in [5.74, 6) is -0.689. The molecule has 1 fully saturated rings. The van der Waals surface area contributed by atoms with Gasteiger partial charge in [-0.05, 0) is 31.0 Å². The highest BCUT2D eigenvalue weighted by molar-refractivity contribution is 5.94. The molecule has 0 aromatic heterocycles. The molecule has 0 heterocycles. The van der Waals surface area contributed by atoms with Crippen molar-refractivity contribution in [1.29, 1.82) is 0 Å². The third-order valence-electron chi connectivity index (χ3n) is 3.97. The van der Waals surface area contributed by atoms with Gasteiger partial charge in [-0.3, -0.25) is 4.79 Å². The third kappa shape index (κ3) is 4.25. The molecule has 1 aromatic rings. The van der Waals surface area contributed by atoms with Crippen LogP contribution in [0.2, 0.25) is 0 Å². The zero-order valence-corrected chi connectivity index (χ0v) is 12.3. The van der Waals surface area contributed by atoms with Gasteiger partial charge in [-0.2, -0.15) is 0 Å². The summed E-state index contributed by atoms with van der Waals surface area (Å²) in [4.78, 5) is 12.1. The minimum Gasteiger partial charge on any atom is -0.388 e. The highest BCUT2D eigenvalue weighted by Gasteiger charge is 2.29. The molecule has 5 heteroatoms. The smallest absolute Gasteiger partial charge is 0.251 e. The first-order valence-electron chi connectivity index (χ1n) is 7.32. The van der Waals surface area contributed by atoms with Crippen molar-refractivity contribution in [3.05, 3.63) is 35.1 Å². The minimum absolute atomic E-state index is 0.122. The molecular formula is C16H22FNO3. The molecule has 0 aliphatic heterocycles. The number of ether oxygens (including phenoxy) is 1. The fourth-order valence-corrected chi connectivity index (χ4v) is 2.72. The second-order valence-electron chi connectivity index (χ2n) is 5.71. The molecule has 1 saturated carbocycles. The Balaban J connectivity index is 1.98. The van der Waals surface area contributed by atoms with Crippen molar-refractivity contribution in [3.8, 4) is 0 Å². The van der Waals surface area contributed by atoms with E-state index >= 15 is 0 Å². The van der Waals surface area contributed by atoms with E-state index in [1.165, 1.54) is 25.3 Å². The average molecular weight is 295 g/mol. The topological polar surface area (TPSA) is 58.6 Å². The number of nitrogens with one attached hydrogen (secondary N) is 1. The van der Waals surface area contributed by atoms with Crippen LogP contribution in [-0.4, -0.2) is 30.3 Å². The Hall–Kier alpha value is -1.46. The van der Waals surface area contributed by atoms with E-state index in [2.05, 4.69) is 5.32 Å². The molecule has 1 aliphatic rings. The number of carbonyl (C=O) groups is 1. The first-order valence-corrected chi connectivity index (χ1v) is 7.32. The number of hydrogen-bond donors (Lipinski definition) is 2. The van der Waals surface area contributed by atoms with Crippen molar-refractivity contribution in [1.82, 2.24) is 5.32 Å². The van der Waals surface area contributed by atoms with E-state index in [0.717, 1.165) is 19.3 Å². The maximum absolute atomic E-state index is 13.5. The largest absolute Gasteiger partial charge is 0.388 e. The number of halogens is 1. The Labute approximate surface area is 124 Å². The quantitative estimate of drug-likeness (QED) is 0.877. The van der Waals surface area contributed by atoms with Gasteiger partial charge in [0.1, 0.15) is 5.82 Å².